The van der Waals surface area contributed by atoms with Crippen molar-refractivity contribution in [3.8, 4) is 5.75 Å². The van der Waals surface area contributed by atoms with E-state index < -0.39 is 0 Å². The Hall–Kier alpha value is -2.82. The molecule has 2 rings (SSSR count). The molecule has 0 spiro atoms. The lowest BCUT2D eigenvalue weighted by atomic mass is 10.1. The van der Waals surface area contributed by atoms with Crippen molar-refractivity contribution in [1.29, 1.82) is 0 Å². The van der Waals surface area contributed by atoms with E-state index in [1.807, 2.05) is 20.8 Å². The van der Waals surface area contributed by atoms with Crippen molar-refractivity contribution in [2.75, 3.05) is 11.9 Å². The molecule has 0 bridgehead atoms. The van der Waals surface area contributed by atoms with Crippen molar-refractivity contribution >= 4 is 17.5 Å². The van der Waals surface area contributed by atoms with Crippen LogP contribution in [0.1, 0.15) is 47.9 Å². The number of hydrogen-bond donors (Lipinski definition) is 2. The number of benzene rings is 2. The number of rotatable bonds is 7. The van der Waals surface area contributed by atoms with E-state index in [4.69, 9.17) is 4.74 Å². The summed E-state index contributed by atoms with van der Waals surface area (Å²) in [5.41, 5.74) is 1.63. The third-order valence-electron chi connectivity index (χ3n) is 3.41. The van der Waals surface area contributed by atoms with Crippen molar-refractivity contribution in [2.24, 2.45) is 0 Å². The summed E-state index contributed by atoms with van der Waals surface area (Å²) in [6.07, 6.45) is 0.958. The zero-order valence-electron chi connectivity index (χ0n) is 14.8. The Bertz CT molecular complexity index is 724. The minimum atomic E-state index is -0.234. The Morgan fingerprint density at radius 2 is 1.72 bits per heavy atom. The van der Waals surface area contributed by atoms with Crippen molar-refractivity contribution in [1.82, 2.24) is 5.32 Å². The standard InChI is InChI=1S/C20H24N2O3/c1-4-12-21-19(23)16-6-5-7-17(13-16)22-20(24)15-8-10-18(11-9-15)25-14(2)3/h5-11,13-14H,4,12H2,1-3H3,(H,21,23)(H,22,24). The molecule has 0 aliphatic heterocycles. The predicted octanol–water partition coefficient (Wildman–Crippen LogP) is 3.87. The lowest BCUT2D eigenvalue weighted by Crippen LogP contribution is -2.24. The summed E-state index contributed by atoms with van der Waals surface area (Å²) in [4.78, 5) is 24.3. The number of carbonyl (C=O) groups is 2. The number of nitrogens with one attached hydrogen (secondary N) is 2. The van der Waals surface area contributed by atoms with E-state index in [2.05, 4.69) is 10.6 Å². The fourth-order valence-electron chi connectivity index (χ4n) is 2.24. The monoisotopic (exact) mass is 340 g/mol. The van der Waals surface area contributed by atoms with Gasteiger partial charge in [0, 0.05) is 23.4 Å². The van der Waals surface area contributed by atoms with Crippen LogP contribution in [-0.4, -0.2) is 24.5 Å². The topological polar surface area (TPSA) is 67.4 Å². The quantitative estimate of drug-likeness (QED) is 0.804. The Balaban J connectivity index is 2.03. The molecule has 2 aromatic rings. The van der Waals surface area contributed by atoms with Crippen LogP contribution in [0.25, 0.3) is 0 Å². The Kier molecular flexibility index (Phi) is 6.57. The molecule has 0 aliphatic carbocycles. The van der Waals surface area contributed by atoms with Gasteiger partial charge in [0.15, 0.2) is 0 Å². The molecule has 0 radical (unpaired) electrons. The number of amides is 2. The lowest BCUT2D eigenvalue weighted by Gasteiger charge is -2.11. The van der Waals surface area contributed by atoms with Gasteiger partial charge in [-0.1, -0.05) is 13.0 Å². The number of hydrogen-bond acceptors (Lipinski definition) is 3. The highest BCUT2D eigenvalue weighted by Crippen LogP contribution is 2.16. The summed E-state index contributed by atoms with van der Waals surface area (Å²) >= 11 is 0. The van der Waals surface area contributed by atoms with Gasteiger partial charge < -0.3 is 15.4 Å². The van der Waals surface area contributed by atoms with Crippen molar-refractivity contribution < 1.29 is 14.3 Å². The molecular weight excluding hydrogens is 316 g/mol. The highest BCUT2D eigenvalue weighted by molar-refractivity contribution is 6.05. The minimum absolute atomic E-state index is 0.0845. The fourth-order valence-corrected chi connectivity index (χ4v) is 2.24. The summed E-state index contributed by atoms with van der Waals surface area (Å²) in [7, 11) is 0. The van der Waals surface area contributed by atoms with Gasteiger partial charge in [0.1, 0.15) is 5.75 Å². The Morgan fingerprint density at radius 3 is 2.36 bits per heavy atom. The molecule has 0 saturated carbocycles. The molecular formula is C20H24N2O3. The van der Waals surface area contributed by atoms with Crippen LogP contribution in [0.4, 0.5) is 5.69 Å². The molecule has 2 amide bonds. The van der Waals surface area contributed by atoms with E-state index in [1.54, 1.807) is 48.5 Å². The van der Waals surface area contributed by atoms with Gasteiger partial charge in [-0.3, -0.25) is 9.59 Å². The van der Waals surface area contributed by atoms with Gasteiger partial charge in [-0.15, -0.1) is 0 Å². The molecule has 0 aromatic heterocycles. The first-order valence-electron chi connectivity index (χ1n) is 8.46. The number of anilines is 1. The van der Waals surface area contributed by atoms with Gasteiger partial charge in [0.2, 0.25) is 0 Å². The summed E-state index contributed by atoms with van der Waals surface area (Å²) in [5, 5.41) is 5.63. The highest BCUT2D eigenvalue weighted by Gasteiger charge is 2.09. The summed E-state index contributed by atoms with van der Waals surface area (Å²) < 4.78 is 5.57. The molecule has 0 atom stereocenters. The summed E-state index contributed by atoms with van der Waals surface area (Å²) in [6.45, 7) is 6.52. The van der Waals surface area contributed by atoms with Crippen molar-refractivity contribution in [2.45, 2.75) is 33.3 Å². The van der Waals surface area contributed by atoms with Crippen LogP contribution in [0.3, 0.4) is 0 Å². The smallest absolute Gasteiger partial charge is 0.255 e. The average Bonchev–Trinajstić information content (AvgIpc) is 2.60. The molecule has 25 heavy (non-hydrogen) atoms. The normalized spacial score (nSPS) is 10.4. The van der Waals surface area contributed by atoms with Crippen LogP contribution in [0.2, 0.25) is 0 Å². The van der Waals surface area contributed by atoms with E-state index in [0.29, 0.717) is 23.4 Å². The second-order valence-corrected chi connectivity index (χ2v) is 5.98. The number of ether oxygens (including phenoxy) is 1. The average molecular weight is 340 g/mol. The van der Waals surface area contributed by atoms with E-state index in [0.717, 1.165) is 12.2 Å². The highest BCUT2D eigenvalue weighted by atomic mass is 16.5. The third kappa shape index (κ3) is 5.64. The summed E-state index contributed by atoms with van der Waals surface area (Å²) in [5.74, 6) is 0.344. The SMILES string of the molecule is CCCNC(=O)c1cccc(NC(=O)c2ccc(OC(C)C)cc2)c1. The number of carbonyl (C=O) groups excluding carboxylic acids is 2. The van der Waals surface area contributed by atoms with Gasteiger partial charge in [-0.05, 0) is 62.7 Å². The van der Waals surface area contributed by atoms with Crippen molar-refractivity contribution in [3.63, 3.8) is 0 Å². The molecule has 2 N–H and O–H groups in total. The maximum absolute atomic E-state index is 12.3. The molecule has 0 unspecified atom stereocenters. The predicted molar refractivity (Wildman–Crippen MR) is 99.2 cm³/mol. The largest absolute Gasteiger partial charge is 0.491 e. The molecule has 0 heterocycles. The zero-order chi connectivity index (χ0) is 18.2. The van der Waals surface area contributed by atoms with Crippen LogP contribution >= 0.6 is 0 Å². The minimum Gasteiger partial charge on any atom is -0.491 e. The summed E-state index contributed by atoms with van der Waals surface area (Å²) in [6, 6.07) is 13.8. The van der Waals surface area contributed by atoms with Crippen molar-refractivity contribution in [3.05, 3.63) is 59.7 Å². The maximum Gasteiger partial charge on any atom is 0.255 e. The van der Waals surface area contributed by atoms with Gasteiger partial charge in [0.05, 0.1) is 6.10 Å². The van der Waals surface area contributed by atoms with E-state index in [1.165, 1.54) is 0 Å². The van der Waals surface area contributed by atoms with Crippen LogP contribution in [0.5, 0.6) is 5.75 Å². The maximum atomic E-state index is 12.3. The zero-order valence-corrected chi connectivity index (χ0v) is 14.8. The molecule has 2 aromatic carbocycles. The second kappa shape index (κ2) is 8.87. The van der Waals surface area contributed by atoms with Crippen LogP contribution in [-0.2, 0) is 0 Å². The third-order valence-corrected chi connectivity index (χ3v) is 3.41. The van der Waals surface area contributed by atoms with Gasteiger partial charge >= 0.3 is 0 Å². The Morgan fingerprint density at radius 1 is 1.00 bits per heavy atom. The van der Waals surface area contributed by atoms with E-state index in [9.17, 15) is 9.59 Å². The molecule has 0 aliphatic rings. The molecule has 5 heteroatoms. The first-order chi connectivity index (χ1) is 12.0. The van der Waals surface area contributed by atoms with Crippen LogP contribution in [0, 0.1) is 0 Å². The van der Waals surface area contributed by atoms with Gasteiger partial charge in [-0.25, -0.2) is 0 Å². The molecule has 0 saturated heterocycles. The van der Waals surface area contributed by atoms with Gasteiger partial charge in [-0.2, -0.15) is 0 Å². The van der Waals surface area contributed by atoms with Gasteiger partial charge in [0.25, 0.3) is 11.8 Å². The Labute approximate surface area is 148 Å². The molecule has 132 valence electrons. The van der Waals surface area contributed by atoms with E-state index in [-0.39, 0.29) is 17.9 Å². The molecule has 0 fully saturated rings. The lowest BCUT2D eigenvalue weighted by molar-refractivity contribution is 0.0952. The second-order valence-electron chi connectivity index (χ2n) is 5.98. The van der Waals surface area contributed by atoms with Crippen LogP contribution < -0.4 is 15.4 Å². The van der Waals surface area contributed by atoms with Crippen LogP contribution in [0.15, 0.2) is 48.5 Å². The first kappa shape index (κ1) is 18.5. The first-order valence-corrected chi connectivity index (χ1v) is 8.46. The van der Waals surface area contributed by atoms with E-state index >= 15 is 0 Å². The molecule has 5 nitrogen and oxygen atoms in total. The fraction of sp³-hybridized carbons (Fsp3) is 0.300.